The van der Waals surface area contributed by atoms with Gasteiger partial charge in [0.2, 0.25) is 11.8 Å². The highest BCUT2D eigenvalue weighted by molar-refractivity contribution is 7.09. The molecule has 1 unspecified atom stereocenters. The minimum Gasteiger partial charge on any atom is -0.356 e. The molecule has 1 aromatic carbocycles. The van der Waals surface area contributed by atoms with Gasteiger partial charge in [-0.2, -0.15) is 0 Å². The van der Waals surface area contributed by atoms with Gasteiger partial charge in [-0.05, 0) is 24.5 Å². The molecular formula is C19H23N3O2S. The molecule has 0 spiro atoms. The van der Waals surface area contributed by atoms with Gasteiger partial charge in [0.15, 0.2) is 0 Å². The first-order valence-electron chi connectivity index (χ1n) is 8.57. The van der Waals surface area contributed by atoms with Crippen LogP contribution in [0.3, 0.4) is 0 Å². The lowest BCUT2D eigenvalue weighted by Crippen LogP contribution is -2.41. The minimum atomic E-state index is -0.177. The van der Waals surface area contributed by atoms with Crippen LogP contribution in [0.1, 0.15) is 41.2 Å². The predicted octanol–water partition coefficient (Wildman–Crippen LogP) is 2.65. The van der Waals surface area contributed by atoms with Gasteiger partial charge in [-0.1, -0.05) is 24.3 Å². The van der Waals surface area contributed by atoms with Gasteiger partial charge in [0.25, 0.3) is 0 Å². The SMILES string of the molecule is CC(=O)N1CCc2ccccc2C1CC(=O)NCCc1csc(C)n1. The zero-order valence-electron chi connectivity index (χ0n) is 14.6. The average molecular weight is 357 g/mol. The highest BCUT2D eigenvalue weighted by atomic mass is 32.1. The molecule has 2 aromatic rings. The fourth-order valence-electron chi connectivity index (χ4n) is 3.35. The van der Waals surface area contributed by atoms with E-state index >= 15 is 0 Å². The number of nitrogens with one attached hydrogen (secondary N) is 1. The van der Waals surface area contributed by atoms with Gasteiger partial charge in [-0.3, -0.25) is 9.59 Å². The van der Waals surface area contributed by atoms with Crippen molar-refractivity contribution in [3.05, 3.63) is 51.5 Å². The van der Waals surface area contributed by atoms with Crippen LogP contribution in [0.2, 0.25) is 0 Å². The normalized spacial score (nSPS) is 16.4. The quantitative estimate of drug-likeness (QED) is 0.895. The Morgan fingerprint density at radius 3 is 2.88 bits per heavy atom. The zero-order chi connectivity index (χ0) is 17.8. The van der Waals surface area contributed by atoms with Crippen molar-refractivity contribution in [3.63, 3.8) is 0 Å². The van der Waals surface area contributed by atoms with E-state index in [1.165, 1.54) is 5.56 Å². The second kappa shape index (κ2) is 7.78. The molecule has 3 rings (SSSR count). The fraction of sp³-hybridized carbons (Fsp3) is 0.421. The molecule has 0 fully saturated rings. The molecule has 1 aliphatic heterocycles. The van der Waals surface area contributed by atoms with E-state index < -0.39 is 0 Å². The number of hydrogen-bond acceptors (Lipinski definition) is 4. The molecule has 0 bridgehead atoms. The molecular weight excluding hydrogens is 334 g/mol. The number of carbonyl (C=O) groups is 2. The lowest BCUT2D eigenvalue weighted by molar-refractivity contribution is -0.133. The van der Waals surface area contributed by atoms with Crippen molar-refractivity contribution < 1.29 is 9.59 Å². The smallest absolute Gasteiger partial charge is 0.222 e. The molecule has 25 heavy (non-hydrogen) atoms. The highest BCUT2D eigenvalue weighted by Crippen LogP contribution is 2.32. The van der Waals surface area contributed by atoms with Gasteiger partial charge in [0, 0.05) is 31.8 Å². The lowest BCUT2D eigenvalue weighted by atomic mass is 9.90. The summed E-state index contributed by atoms with van der Waals surface area (Å²) in [5.41, 5.74) is 3.33. The van der Waals surface area contributed by atoms with Gasteiger partial charge in [-0.15, -0.1) is 11.3 Å². The maximum atomic E-state index is 12.4. The summed E-state index contributed by atoms with van der Waals surface area (Å²) < 4.78 is 0. The molecule has 132 valence electrons. The molecule has 6 heteroatoms. The summed E-state index contributed by atoms with van der Waals surface area (Å²) in [6.45, 7) is 4.78. The summed E-state index contributed by atoms with van der Waals surface area (Å²) in [4.78, 5) is 30.6. The van der Waals surface area contributed by atoms with Crippen molar-refractivity contribution in [2.45, 2.75) is 39.2 Å². The van der Waals surface area contributed by atoms with Crippen LogP contribution >= 0.6 is 11.3 Å². The van der Waals surface area contributed by atoms with Crippen molar-refractivity contribution in [1.82, 2.24) is 15.2 Å². The van der Waals surface area contributed by atoms with Crippen molar-refractivity contribution >= 4 is 23.2 Å². The van der Waals surface area contributed by atoms with E-state index in [9.17, 15) is 9.59 Å². The van der Waals surface area contributed by atoms with Crippen LogP contribution in [-0.2, 0) is 22.4 Å². The van der Waals surface area contributed by atoms with Gasteiger partial charge < -0.3 is 10.2 Å². The first-order chi connectivity index (χ1) is 12.0. The second-order valence-corrected chi connectivity index (χ2v) is 7.40. The van der Waals surface area contributed by atoms with E-state index in [0.717, 1.165) is 29.1 Å². The van der Waals surface area contributed by atoms with Gasteiger partial charge in [-0.25, -0.2) is 4.98 Å². The Morgan fingerprint density at radius 1 is 1.36 bits per heavy atom. The van der Waals surface area contributed by atoms with Crippen molar-refractivity contribution in [1.29, 1.82) is 0 Å². The molecule has 1 aliphatic rings. The van der Waals surface area contributed by atoms with Gasteiger partial charge in [0.1, 0.15) is 0 Å². The third-order valence-corrected chi connectivity index (χ3v) is 5.39. The molecule has 5 nitrogen and oxygen atoms in total. The van der Waals surface area contributed by atoms with E-state index in [2.05, 4.69) is 16.4 Å². The topological polar surface area (TPSA) is 62.3 Å². The number of carbonyl (C=O) groups excluding carboxylic acids is 2. The monoisotopic (exact) mass is 357 g/mol. The van der Waals surface area contributed by atoms with Crippen LogP contribution in [0.4, 0.5) is 0 Å². The van der Waals surface area contributed by atoms with E-state index in [1.54, 1.807) is 18.3 Å². The van der Waals surface area contributed by atoms with E-state index in [0.29, 0.717) is 19.5 Å². The zero-order valence-corrected chi connectivity index (χ0v) is 15.4. The van der Waals surface area contributed by atoms with Gasteiger partial charge in [0.05, 0.1) is 23.2 Å². The van der Waals surface area contributed by atoms with Crippen molar-refractivity contribution in [2.75, 3.05) is 13.1 Å². The number of hydrogen-bond donors (Lipinski definition) is 1. The standard InChI is InChI=1S/C19H23N3O2S/c1-13-21-16(12-25-13)7-9-20-19(24)11-18-17-6-4-3-5-15(17)8-10-22(18)14(2)23/h3-6,12,18H,7-11H2,1-2H3,(H,20,24). The van der Waals surface area contributed by atoms with Crippen molar-refractivity contribution in [2.24, 2.45) is 0 Å². The van der Waals surface area contributed by atoms with Crippen LogP contribution in [0.15, 0.2) is 29.6 Å². The summed E-state index contributed by atoms with van der Waals surface area (Å²) in [6, 6.07) is 7.92. The van der Waals surface area contributed by atoms with Crippen LogP contribution in [0.5, 0.6) is 0 Å². The molecule has 0 saturated carbocycles. The summed E-state index contributed by atoms with van der Waals surface area (Å²) >= 11 is 1.62. The van der Waals surface area contributed by atoms with Crippen molar-refractivity contribution in [3.8, 4) is 0 Å². The minimum absolute atomic E-state index is 0.0188. The molecule has 1 atom stereocenters. The third-order valence-electron chi connectivity index (χ3n) is 4.57. The number of nitrogens with zero attached hydrogens (tertiary/aromatic N) is 2. The first kappa shape index (κ1) is 17.6. The van der Waals surface area contributed by atoms with E-state index in [1.807, 2.05) is 35.4 Å². The van der Waals surface area contributed by atoms with Crippen LogP contribution in [0, 0.1) is 6.92 Å². The molecule has 2 amide bonds. The first-order valence-corrected chi connectivity index (χ1v) is 9.45. The van der Waals surface area contributed by atoms with Gasteiger partial charge >= 0.3 is 0 Å². The largest absolute Gasteiger partial charge is 0.356 e. The Bertz CT molecular complexity index is 772. The van der Waals surface area contributed by atoms with Crippen LogP contribution in [0.25, 0.3) is 0 Å². The molecule has 0 aliphatic carbocycles. The Balaban J connectivity index is 1.62. The van der Waals surface area contributed by atoms with E-state index in [4.69, 9.17) is 0 Å². The summed E-state index contributed by atoms with van der Waals surface area (Å²) in [7, 11) is 0. The Morgan fingerprint density at radius 2 is 2.16 bits per heavy atom. The molecule has 1 N–H and O–H groups in total. The third kappa shape index (κ3) is 4.25. The van der Waals surface area contributed by atoms with Crippen LogP contribution in [-0.4, -0.2) is 34.8 Å². The lowest BCUT2D eigenvalue weighted by Gasteiger charge is -2.36. The molecule has 2 heterocycles. The number of benzene rings is 1. The fourth-order valence-corrected chi connectivity index (χ4v) is 4.00. The summed E-state index contributed by atoms with van der Waals surface area (Å²) in [6.07, 6.45) is 1.87. The maximum absolute atomic E-state index is 12.4. The highest BCUT2D eigenvalue weighted by Gasteiger charge is 2.30. The molecule has 0 radical (unpaired) electrons. The number of amides is 2. The number of fused-ring (bicyclic) bond motifs is 1. The predicted molar refractivity (Wildman–Crippen MR) is 98.5 cm³/mol. The number of thiazole rings is 1. The van der Waals surface area contributed by atoms with Crippen LogP contribution < -0.4 is 5.32 Å². The Labute approximate surface area is 152 Å². The number of aromatic nitrogens is 1. The summed E-state index contributed by atoms with van der Waals surface area (Å²) in [5.74, 6) is -0.00911. The van der Waals surface area contributed by atoms with E-state index in [-0.39, 0.29) is 17.9 Å². The molecule has 0 saturated heterocycles. The average Bonchev–Trinajstić information content (AvgIpc) is 3.00. The second-order valence-electron chi connectivity index (χ2n) is 6.34. The number of rotatable bonds is 5. The molecule has 1 aromatic heterocycles. The Hall–Kier alpha value is -2.21. The Kier molecular flexibility index (Phi) is 5.48. The maximum Gasteiger partial charge on any atom is 0.222 e. The summed E-state index contributed by atoms with van der Waals surface area (Å²) in [5, 5.41) is 6.03. The number of aryl methyl sites for hydroxylation is 1.